The maximum Gasteiger partial charge on any atom is 0.414 e. The minimum atomic E-state index is -0.369. The van der Waals surface area contributed by atoms with E-state index in [1.54, 1.807) is 12.0 Å². The van der Waals surface area contributed by atoms with Crippen molar-refractivity contribution in [3.8, 4) is 5.75 Å². The number of nitrogens with zero attached hydrogens (tertiary/aromatic N) is 1. The number of carbonyl (C=O) groups excluding carboxylic acids is 1. The summed E-state index contributed by atoms with van der Waals surface area (Å²) in [7, 11) is 2.96. The third kappa shape index (κ3) is 2.66. The second kappa shape index (κ2) is 6.00. The summed E-state index contributed by atoms with van der Waals surface area (Å²) in [5.41, 5.74) is 0.735. The molecule has 0 aliphatic rings. The highest BCUT2D eigenvalue weighted by molar-refractivity contribution is 5.89. The Morgan fingerprint density at radius 3 is 2.56 bits per heavy atom. The van der Waals surface area contributed by atoms with E-state index in [9.17, 15) is 4.79 Å². The molecule has 0 heterocycles. The average Bonchev–Trinajstić information content (AvgIpc) is 2.35. The fourth-order valence-corrected chi connectivity index (χ4v) is 1.50. The predicted molar refractivity (Wildman–Crippen MR) is 63.0 cm³/mol. The summed E-state index contributed by atoms with van der Waals surface area (Å²) < 4.78 is 9.97. The Balaban J connectivity index is 3.04. The Kier molecular flexibility index (Phi) is 4.64. The van der Waals surface area contributed by atoms with Crippen molar-refractivity contribution in [1.29, 1.82) is 0 Å². The number of hydrogen-bond acceptors (Lipinski definition) is 3. The molecule has 0 bridgehead atoms. The zero-order valence-electron chi connectivity index (χ0n) is 9.90. The number of amides is 1. The first-order valence-electron chi connectivity index (χ1n) is 5.23. The van der Waals surface area contributed by atoms with E-state index in [0.717, 1.165) is 12.1 Å². The molecule has 0 aliphatic heterocycles. The monoisotopic (exact) mass is 223 g/mol. The fourth-order valence-electron chi connectivity index (χ4n) is 1.50. The third-order valence-corrected chi connectivity index (χ3v) is 2.22. The zero-order valence-corrected chi connectivity index (χ0v) is 9.90. The van der Waals surface area contributed by atoms with Gasteiger partial charge in [-0.2, -0.15) is 0 Å². The number of benzene rings is 1. The number of carbonyl (C=O) groups is 1. The topological polar surface area (TPSA) is 38.8 Å². The number of hydrogen-bond donors (Lipinski definition) is 0. The van der Waals surface area contributed by atoms with Crippen molar-refractivity contribution in [3.63, 3.8) is 0 Å². The van der Waals surface area contributed by atoms with Gasteiger partial charge in [-0.3, -0.25) is 4.90 Å². The first-order valence-corrected chi connectivity index (χ1v) is 5.23. The van der Waals surface area contributed by atoms with Crippen molar-refractivity contribution < 1.29 is 14.3 Å². The molecule has 4 nitrogen and oxygen atoms in total. The number of para-hydroxylation sites is 2. The zero-order chi connectivity index (χ0) is 12.0. The Morgan fingerprint density at radius 2 is 2.00 bits per heavy atom. The fraction of sp³-hybridized carbons (Fsp3) is 0.417. The molecule has 16 heavy (non-hydrogen) atoms. The van der Waals surface area contributed by atoms with Gasteiger partial charge in [0.15, 0.2) is 0 Å². The van der Waals surface area contributed by atoms with Crippen LogP contribution in [0, 0.1) is 0 Å². The van der Waals surface area contributed by atoms with Gasteiger partial charge in [-0.1, -0.05) is 19.1 Å². The highest BCUT2D eigenvalue weighted by Gasteiger charge is 2.18. The maximum absolute atomic E-state index is 11.6. The normalized spacial score (nSPS) is 9.69. The van der Waals surface area contributed by atoms with Crippen molar-refractivity contribution in [1.82, 2.24) is 0 Å². The second-order valence-electron chi connectivity index (χ2n) is 3.29. The second-order valence-corrected chi connectivity index (χ2v) is 3.29. The minimum absolute atomic E-state index is 0.369. The maximum atomic E-state index is 11.6. The SMILES string of the molecule is CCCN(C(=O)OC)c1ccccc1OC. The van der Waals surface area contributed by atoms with Gasteiger partial charge in [0, 0.05) is 6.54 Å². The van der Waals surface area contributed by atoms with Crippen LogP contribution in [0.5, 0.6) is 5.75 Å². The van der Waals surface area contributed by atoms with Crippen LogP contribution in [0.4, 0.5) is 10.5 Å². The van der Waals surface area contributed by atoms with Crippen LogP contribution in [0.15, 0.2) is 24.3 Å². The molecule has 0 aliphatic carbocycles. The van der Waals surface area contributed by atoms with E-state index in [1.165, 1.54) is 7.11 Å². The quantitative estimate of drug-likeness (QED) is 0.787. The van der Waals surface area contributed by atoms with E-state index >= 15 is 0 Å². The molecule has 0 radical (unpaired) electrons. The molecule has 1 amide bonds. The van der Waals surface area contributed by atoms with E-state index < -0.39 is 0 Å². The number of ether oxygens (including phenoxy) is 2. The highest BCUT2D eigenvalue weighted by Crippen LogP contribution is 2.28. The summed E-state index contributed by atoms with van der Waals surface area (Å²) in [6.45, 7) is 2.61. The van der Waals surface area contributed by atoms with E-state index in [0.29, 0.717) is 12.3 Å². The smallest absolute Gasteiger partial charge is 0.414 e. The van der Waals surface area contributed by atoms with Crippen molar-refractivity contribution in [3.05, 3.63) is 24.3 Å². The summed E-state index contributed by atoms with van der Waals surface area (Å²) in [5, 5.41) is 0. The van der Waals surface area contributed by atoms with Gasteiger partial charge >= 0.3 is 6.09 Å². The molecule has 4 heteroatoms. The largest absolute Gasteiger partial charge is 0.495 e. The lowest BCUT2D eigenvalue weighted by Crippen LogP contribution is -2.31. The van der Waals surface area contributed by atoms with Gasteiger partial charge in [-0.15, -0.1) is 0 Å². The van der Waals surface area contributed by atoms with E-state index in [2.05, 4.69) is 0 Å². The molecular formula is C12H17NO3. The van der Waals surface area contributed by atoms with E-state index in [-0.39, 0.29) is 6.09 Å². The molecule has 1 aromatic carbocycles. The van der Waals surface area contributed by atoms with Gasteiger partial charge in [0.2, 0.25) is 0 Å². The molecule has 0 aromatic heterocycles. The molecule has 0 unspecified atom stereocenters. The predicted octanol–water partition coefficient (Wildman–Crippen LogP) is 2.68. The summed E-state index contributed by atoms with van der Waals surface area (Å²) in [5.74, 6) is 0.668. The summed E-state index contributed by atoms with van der Waals surface area (Å²) in [6, 6.07) is 7.39. The van der Waals surface area contributed by atoms with Crippen LogP contribution in [0.3, 0.4) is 0 Å². The molecule has 0 atom stereocenters. The van der Waals surface area contributed by atoms with Crippen LogP contribution in [0.2, 0.25) is 0 Å². The Bertz CT molecular complexity index is 352. The van der Waals surface area contributed by atoms with Crippen LogP contribution in [0.25, 0.3) is 0 Å². The van der Waals surface area contributed by atoms with Crippen LogP contribution in [-0.2, 0) is 4.74 Å². The van der Waals surface area contributed by atoms with Gasteiger partial charge < -0.3 is 9.47 Å². The van der Waals surface area contributed by atoms with Crippen LogP contribution in [0.1, 0.15) is 13.3 Å². The van der Waals surface area contributed by atoms with Crippen molar-refractivity contribution in [2.45, 2.75) is 13.3 Å². The van der Waals surface area contributed by atoms with Gasteiger partial charge in [0.25, 0.3) is 0 Å². The van der Waals surface area contributed by atoms with Crippen LogP contribution < -0.4 is 9.64 Å². The lowest BCUT2D eigenvalue weighted by atomic mass is 10.2. The minimum Gasteiger partial charge on any atom is -0.495 e. The van der Waals surface area contributed by atoms with Gasteiger partial charge in [-0.25, -0.2) is 4.79 Å². The van der Waals surface area contributed by atoms with Gasteiger partial charge in [-0.05, 0) is 18.6 Å². The van der Waals surface area contributed by atoms with Crippen molar-refractivity contribution in [2.75, 3.05) is 25.7 Å². The number of methoxy groups -OCH3 is 2. The van der Waals surface area contributed by atoms with Crippen LogP contribution in [-0.4, -0.2) is 26.9 Å². The van der Waals surface area contributed by atoms with E-state index in [4.69, 9.17) is 9.47 Å². The van der Waals surface area contributed by atoms with Crippen molar-refractivity contribution >= 4 is 11.8 Å². The molecule has 0 saturated carbocycles. The standard InChI is InChI=1S/C12H17NO3/c1-4-9-13(12(14)16-3)10-7-5-6-8-11(10)15-2/h5-8H,4,9H2,1-3H3. The highest BCUT2D eigenvalue weighted by atomic mass is 16.5. The average molecular weight is 223 g/mol. The van der Waals surface area contributed by atoms with Crippen molar-refractivity contribution in [2.24, 2.45) is 0 Å². The number of rotatable bonds is 4. The summed E-state index contributed by atoms with van der Waals surface area (Å²) >= 11 is 0. The molecule has 0 N–H and O–H groups in total. The Labute approximate surface area is 95.8 Å². The van der Waals surface area contributed by atoms with Gasteiger partial charge in [0.1, 0.15) is 5.75 Å². The molecule has 0 fully saturated rings. The van der Waals surface area contributed by atoms with Crippen LogP contribution >= 0.6 is 0 Å². The molecule has 0 spiro atoms. The van der Waals surface area contributed by atoms with Gasteiger partial charge in [0.05, 0.1) is 19.9 Å². The Hall–Kier alpha value is -1.71. The lowest BCUT2D eigenvalue weighted by molar-refractivity contribution is 0.178. The molecule has 1 rings (SSSR count). The Morgan fingerprint density at radius 1 is 1.31 bits per heavy atom. The van der Waals surface area contributed by atoms with E-state index in [1.807, 2.05) is 31.2 Å². The molecule has 0 saturated heterocycles. The molecular weight excluding hydrogens is 206 g/mol. The summed E-state index contributed by atoms with van der Waals surface area (Å²) in [6.07, 6.45) is 0.485. The first kappa shape index (κ1) is 12.4. The molecule has 88 valence electrons. The summed E-state index contributed by atoms with van der Waals surface area (Å²) in [4.78, 5) is 13.2. The third-order valence-electron chi connectivity index (χ3n) is 2.22. The first-order chi connectivity index (χ1) is 7.74. The lowest BCUT2D eigenvalue weighted by Gasteiger charge is -2.22. The number of anilines is 1. The molecule has 1 aromatic rings.